The Hall–Kier alpha value is -1.45. The first-order valence-corrected chi connectivity index (χ1v) is 5.06. The normalized spacial score (nSPS) is 12.3. The van der Waals surface area contributed by atoms with Gasteiger partial charge in [0, 0.05) is 25.5 Å². The zero-order valence-electron chi connectivity index (χ0n) is 10.0. The van der Waals surface area contributed by atoms with Gasteiger partial charge in [-0.3, -0.25) is 9.47 Å². The van der Waals surface area contributed by atoms with Gasteiger partial charge in [0.2, 0.25) is 5.91 Å². The van der Waals surface area contributed by atoms with Crippen molar-refractivity contribution in [2.75, 3.05) is 19.5 Å². The molecule has 0 bridgehead atoms. The first-order valence-electron chi connectivity index (χ1n) is 5.06. The Kier molecular flexibility index (Phi) is 3.39. The van der Waals surface area contributed by atoms with Gasteiger partial charge in [0.05, 0.1) is 0 Å². The summed E-state index contributed by atoms with van der Waals surface area (Å²) in [6.07, 6.45) is 0. The maximum Gasteiger partial charge on any atom is 0.245 e. The summed E-state index contributed by atoms with van der Waals surface area (Å²) < 4.78 is 1.94. The second kappa shape index (κ2) is 4.38. The maximum atomic E-state index is 11.6. The van der Waals surface area contributed by atoms with Crippen molar-refractivity contribution < 1.29 is 4.79 Å². The van der Waals surface area contributed by atoms with Crippen molar-refractivity contribution in [3.63, 3.8) is 0 Å². The van der Waals surface area contributed by atoms with Crippen LogP contribution in [-0.2, 0) is 4.79 Å². The van der Waals surface area contributed by atoms with Crippen molar-refractivity contribution in [1.82, 2.24) is 9.58 Å². The molecule has 1 N–H and O–H groups in total. The van der Waals surface area contributed by atoms with Crippen LogP contribution >= 0.6 is 0 Å². The number of carbonyl (C=O) groups is 1. The molecule has 4 nitrogen and oxygen atoms in total. The molecule has 1 aromatic heterocycles. The topological polar surface area (TPSA) is 37.3 Å². The molecule has 1 heterocycles. The lowest BCUT2D eigenvalue weighted by atomic mass is 10.3. The Bertz CT molecular complexity index is 335. The number of carbonyl (C=O) groups excluding carboxylic acids is 1. The highest BCUT2D eigenvalue weighted by Crippen LogP contribution is 2.05. The highest BCUT2D eigenvalue weighted by Gasteiger charge is 2.15. The van der Waals surface area contributed by atoms with Gasteiger partial charge in [-0.25, -0.2) is 0 Å². The molecule has 0 aromatic carbocycles. The third-order valence-electron chi connectivity index (χ3n) is 2.41. The van der Waals surface area contributed by atoms with Gasteiger partial charge in [-0.15, -0.1) is 0 Å². The minimum atomic E-state index is -0.218. The van der Waals surface area contributed by atoms with Crippen LogP contribution in [0.5, 0.6) is 0 Å². The number of aromatic nitrogens is 1. The van der Waals surface area contributed by atoms with Gasteiger partial charge in [0.25, 0.3) is 0 Å². The lowest BCUT2D eigenvalue weighted by Gasteiger charge is -2.21. The average Bonchev–Trinajstić information content (AvgIpc) is 2.47. The van der Waals surface area contributed by atoms with Gasteiger partial charge >= 0.3 is 0 Å². The second-order valence-corrected chi connectivity index (χ2v) is 4.03. The molecule has 0 spiro atoms. The fraction of sp³-hybridized carbons (Fsp3) is 0.545. The molecule has 0 radical (unpaired) electrons. The number of hydrogen-bond acceptors (Lipinski definition) is 2. The Balaban J connectivity index is 2.74. The van der Waals surface area contributed by atoms with Crippen molar-refractivity contribution in [1.29, 1.82) is 0 Å². The first-order chi connectivity index (χ1) is 6.93. The molecule has 0 aliphatic rings. The zero-order chi connectivity index (χ0) is 11.6. The van der Waals surface area contributed by atoms with Gasteiger partial charge in [0.1, 0.15) is 6.04 Å². The third-order valence-corrected chi connectivity index (χ3v) is 2.41. The van der Waals surface area contributed by atoms with E-state index in [2.05, 4.69) is 5.43 Å². The third kappa shape index (κ3) is 2.52. The van der Waals surface area contributed by atoms with Crippen LogP contribution in [0.1, 0.15) is 18.3 Å². The number of amides is 1. The van der Waals surface area contributed by atoms with Crippen molar-refractivity contribution in [2.45, 2.75) is 26.8 Å². The van der Waals surface area contributed by atoms with Crippen LogP contribution in [0.2, 0.25) is 0 Å². The quantitative estimate of drug-likeness (QED) is 0.810. The first kappa shape index (κ1) is 11.6. The van der Waals surface area contributed by atoms with E-state index in [1.807, 2.05) is 37.6 Å². The smallest absolute Gasteiger partial charge is 0.245 e. The molecule has 0 aliphatic carbocycles. The molecule has 1 rings (SSSR count). The van der Waals surface area contributed by atoms with Crippen LogP contribution in [0.15, 0.2) is 12.1 Å². The SMILES string of the molecule is Cc1ccc(C)n1NC(C)C(=O)N(C)C. The Morgan fingerprint density at radius 1 is 1.33 bits per heavy atom. The molecule has 0 saturated heterocycles. The Morgan fingerprint density at radius 3 is 2.20 bits per heavy atom. The van der Waals surface area contributed by atoms with Crippen LogP contribution in [-0.4, -0.2) is 35.6 Å². The predicted molar refractivity (Wildman–Crippen MR) is 61.4 cm³/mol. The van der Waals surface area contributed by atoms with Gasteiger partial charge < -0.3 is 10.3 Å². The lowest BCUT2D eigenvalue weighted by Crippen LogP contribution is -2.40. The molecule has 4 heteroatoms. The minimum absolute atomic E-state index is 0.0718. The van der Waals surface area contributed by atoms with E-state index in [1.54, 1.807) is 19.0 Å². The summed E-state index contributed by atoms with van der Waals surface area (Å²) in [5.41, 5.74) is 5.37. The van der Waals surface area contributed by atoms with Gasteiger partial charge in [-0.1, -0.05) is 0 Å². The number of likely N-dealkylation sites (N-methyl/N-ethyl adjacent to an activating group) is 1. The summed E-state index contributed by atoms with van der Waals surface area (Å²) in [6, 6.07) is 3.83. The Morgan fingerprint density at radius 2 is 1.80 bits per heavy atom. The number of hydrogen-bond donors (Lipinski definition) is 1. The molecule has 1 unspecified atom stereocenters. The van der Waals surface area contributed by atoms with E-state index in [9.17, 15) is 4.79 Å². The molecule has 1 aromatic rings. The van der Waals surface area contributed by atoms with E-state index >= 15 is 0 Å². The van der Waals surface area contributed by atoms with Crippen LogP contribution in [0, 0.1) is 13.8 Å². The summed E-state index contributed by atoms with van der Waals surface area (Å²) in [5.74, 6) is 0.0718. The molecular formula is C11H19N3O. The summed E-state index contributed by atoms with van der Waals surface area (Å²) in [4.78, 5) is 13.2. The van der Waals surface area contributed by atoms with Gasteiger partial charge in [0.15, 0.2) is 0 Å². The summed E-state index contributed by atoms with van der Waals surface area (Å²) in [6.45, 7) is 5.88. The van der Waals surface area contributed by atoms with Crippen LogP contribution in [0.3, 0.4) is 0 Å². The molecule has 0 saturated carbocycles. The molecule has 0 fully saturated rings. The van der Waals surface area contributed by atoms with Crippen molar-refractivity contribution in [3.8, 4) is 0 Å². The molecule has 1 atom stereocenters. The van der Waals surface area contributed by atoms with Gasteiger partial charge in [-0.05, 0) is 32.9 Å². The highest BCUT2D eigenvalue weighted by atomic mass is 16.2. The Labute approximate surface area is 90.8 Å². The van der Waals surface area contributed by atoms with E-state index in [0.717, 1.165) is 11.4 Å². The van der Waals surface area contributed by atoms with Gasteiger partial charge in [-0.2, -0.15) is 0 Å². The van der Waals surface area contributed by atoms with Crippen molar-refractivity contribution in [3.05, 3.63) is 23.5 Å². The fourth-order valence-electron chi connectivity index (χ4n) is 1.51. The average molecular weight is 209 g/mol. The molecular weight excluding hydrogens is 190 g/mol. The molecule has 15 heavy (non-hydrogen) atoms. The largest absolute Gasteiger partial charge is 0.347 e. The van der Waals surface area contributed by atoms with E-state index < -0.39 is 0 Å². The maximum absolute atomic E-state index is 11.6. The zero-order valence-corrected chi connectivity index (χ0v) is 10.0. The van der Waals surface area contributed by atoms with E-state index in [0.29, 0.717) is 0 Å². The van der Waals surface area contributed by atoms with Crippen molar-refractivity contribution >= 4 is 5.91 Å². The van der Waals surface area contributed by atoms with Crippen LogP contribution in [0.4, 0.5) is 0 Å². The number of nitrogens with one attached hydrogen (secondary N) is 1. The summed E-state index contributed by atoms with van der Waals surface area (Å²) >= 11 is 0. The highest BCUT2D eigenvalue weighted by molar-refractivity contribution is 5.82. The van der Waals surface area contributed by atoms with Crippen molar-refractivity contribution in [2.24, 2.45) is 0 Å². The van der Waals surface area contributed by atoms with Crippen LogP contribution < -0.4 is 5.43 Å². The van der Waals surface area contributed by atoms with E-state index in [4.69, 9.17) is 0 Å². The summed E-state index contributed by atoms with van der Waals surface area (Å²) in [5, 5.41) is 0. The van der Waals surface area contributed by atoms with E-state index in [1.165, 1.54) is 0 Å². The van der Waals surface area contributed by atoms with Crippen LogP contribution in [0.25, 0.3) is 0 Å². The molecule has 0 aliphatic heterocycles. The standard InChI is InChI=1S/C11H19N3O/c1-8-6-7-9(2)14(8)12-10(3)11(15)13(4)5/h6-7,10,12H,1-5H3. The minimum Gasteiger partial charge on any atom is -0.347 e. The molecule has 84 valence electrons. The number of nitrogens with zero attached hydrogens (tertiary/aromatic N) is 2. The fourth-order valence-corrected chi connectivity index (χ4v) is 1.51. The van der Waals surface area contributed by atoms with E-state index in [-0.39, 0.29) is 11.9 Å². The second-order valence-electron chi connectivity index (χ2n) is 4.03. The number of aryl methyl sites for hydroxylation is 2. The number of rotatable bonds is 3. The predicted octanol–water partition coefficient (Wildman–Crippen LogP) is 1.13. The monoisotopic (exact) mass is 209 g/mol. The molecule has 1 amide bonds. The lowest BCUT2D eigenvalue weighted by molar-refractivity contribution is -0.129. The summed E-state index contributed by atoms with van der Waals surface area (Å²) in [7, 11) is 3.52.